The average Bonchev–Trinajstić information content (AvgIpc) is 3.29. The SMILES string of the molecule is COCC1(c2cccc(C3(CN)CCCCC3)c2)CC1. The summed E-state index contributed by atoms with van der Waals surface area (Å²) in [7, 11) is 1.81. The molecule has 3 rings (SSSR count). The van der Waals surface area contributed by atoms with Crippen molar-refractivity contribution in [3.8, 4) is 0 Å². The van der Waals surface area contributed by atoms with Gasteiger partial charge in [-0.15, -0.1) is 0 Å². The van der Waals surface area contributed by atoms with Crippen molar-refractivity contribution in [1.29, 1.82) is 0 Å². The lowest BCUT2D eigenvalue weighted by Crippen LogP contribution is -2.37. The minimum Gasteiger partial charge on any atom is -0.384 e. The molecular weight excluding hydrogens is 246 g/mol. The van der Waals surface area contributed by atoms with Crippen LogP contribution >= 0.6 is 0 Å². The highest BCUT2D eigenvalue weighted by Gasteiger charge is 2.45. The first-order chi connectivity index (χ1) is 9.75. The predicted octanol–water partition coefficient (Wildman–Crippen LogP) is 3.53. The summed E-state index contributed by atoms with van der Waals surface area (Å²) >= 11 is 0. The van der Waals surface area contributed by atoms with Crippen LogP contribution in [-0.2, 0) is 15.6 Å². The quantitative estimate of drug-likeness (QED) is 0.891. The summed E-state index contributed by atoms with van der Waals surface area (Å²) in [5.41, 5.74) is 9.65. The first-order valence-electron chi connectivity index (χ1n) is 8.05. The highest BCUT2D eigenvalue weighted by Crippen LogP contribution is 2.49. The maximum absolute atomic E-state index is 6.18. The van der Waals surface area contributed by atoms with Crippen LogP contribution in [0.25, 0.3) is 0 Å². The molecule has 0 aromatic heterocycles. The standard InChI is InChI=1S/C18H27NO/c1-20-14-18(10-11-18)16-7-5-6-15(12-16)17(13-19)8-3-2-4-9-17/h5-7,12H,2-4,8-11,13-14,19H2,1H3. The minimum atomic E-state index is 0.234. The van der Waals surface area contributed by atoms with Gasteiger partial charge in [-0.25, -0.2) is 0 Å². The molecule has 0 bridgehead atoms. The third kappa shape index (κ3) is 2.40. The Morgan fingerprint density at radius 3 is 2.20 bits per heavy atom. The fourth-order valence-corrected chi connectivity index (χ4v) is 3.96. The summed E-state index contributed by atoms with van der Waals surface area (Å²) < 4.78 is 5.44. The van der Waals surface area contributed by atoms with Gasteiger partial charge >= 0.3 is 0 Å². The molecule has 2 fully saturated rings. The number of hydrogen-bond acceptors (Lipinski definition) is 2. The maximum atomic E-state index is 6.18. The van der Waals surface area contributed by atoms with Crippen molar-refractivity contribution in [3.05, 3.63) is 35.4 Å². The predicted molar refractivity (Wildman–Crippen MR) is 83.0 cm³/mol. The maximum Gasteiger partial charge on any atom is 0.0559 e. The molecular formula is C18H27NO. The molecule has 0 aliphatic heterocycles. The van der Waals surface area contributed by atoms with Crippen LogP contribution in [0.5, 0.6) is 0 Å². The normalized spacial score (nSPS) is 23.5. The van der Waals surface area contributed by atoms with Crippen LogP contribution in [0.15, 0.2) is 24.3 Å². The third-order valence-electron chi connectivity index (χ3n) is 5.56. The molecule has 0 unspecified atom stereocenters. The van der Waals surface area contributed by atoms with Crippen molar-refractivity contribution in [2.45, 2.75) is 55.8 Å². The van der Waals surface area contributed by atoms with Gasteiger partial charge in [0.1, 0.15) is 0 Å². The van der Waals surface area contributed by atoms with E-state index in [0.29, 0.717) is 5.41 Å². The van der Waals surface area contributed by atoms with Gasteiger partial charge in [-0.2, -0.15) is 0 Å². The number of nitrogens with two attached hydrogens (primary N) is 1. The van der Waals surface area contributed by atoms with E-state index in [1.54, 1.807) is 0 Å². The van der Waals surface area contributed by atoms with Crippen LogP contribution in [0.1, 0.15) is 56.1 Å². The lowest BCUT2D eigenvalue weighted by molar-refractivity contribution is 0.171. The van der Waals surface area contributed by atoms with E-state index < -0.39 is 0 Å². The van der Waals surface area contributed by atoms with Crippen molar-refractivity contribution in [1.82, 2.24) is 0 Å². The number of methoxy groups -OCH3 is 1. The number of ether oxygens (including phenoxy) is 1. The molecule has 0 amide bonds. The summed E-state index contributed by atoms with van der Waals surface area (Å²) in [5.74, 6) is 0. The average molecular weight is 273 g/mol. The van der Waals surface area contributed by atoms with Gasteiger partial charge in [-0.3, -0.25) is 0 Å². The van der Waals surface area contributed by atoms with Gasteiger partial charge in [0.25, 0.3) is 0 Å². The lowest BCUT2D eigenvalue weighted by atomic mass is 9.69. The van der Waals surface area contributed by atoms with Gasteiger partial charge < -0.3 is 10.5 Å². The van der Waals surface area contributed by atoms with E-state index in [2.05, 4.69) is 24.3 Å². The van der Waals surface area contributed by atoms with E-state index in [-0.39, 0.29) is 5.41 Å². The van der Waals surface area contributed by atoms with Crippen molar-refractivity contribution in [2.75, 3.05) is 20.3 Å². The van der Waals surface area contributed by atoms with Crippen molar-refractivity contribution < 1.29 is 4.74 Å². The molecule has 0 radical (unpaired) electrons. The smallest absolute Gasteiger partial charge is 0.0559 e. The molecule has 2 nitrogen and oxygen atoms in total. The van der Waals surface area contributed by atoms with Crippen LogP contribution in [-0.4, -0.2) is 20.3 Å². The highest BCUT2D eigenvalue weighted by molar-refractivity contribution is 5.38. The Balaban J connectivity index is 1.90. The molecule has 2 aliphatic carbocycles. The Morgan fingerprint density at radius 1 is 1.00 bits per heavy atom. The zero-order chi connectivity index (χ0) is 14.1. The summed E-state index contributed by atoms with van der Waals surface area (Å²) in [6, 6.07) is 9.24. The molecule has 2 saturated carbocycles. The first kappa shape index (κ1) is 14.1. The summed E-state index contributed by atoms with van der Waals surface area (Å²) in [5, 5.41) is 0. The van der Waals surface area contributed by atoms with Crippen LogP contribution in [0.3, 0.4) is 0 Å². The Kier molecular flexibility index (Phi) is 3.87. The zero-order valence-corrected chi connectivity index (χ0v) is 12.7. The van der Waals surface area contributed by atoms with E-state index in [4.69, 9.17) is 10.5 Å². The Bertz CT molecular complexity index is 458. The van der Waals surface area contributed by atoms with Gasteiger partial charge in [-0.05, 0) is 36.8 Å². The van der Waals surface area contributed by atoms with Gasteiger partial charge in [0.2, 0.25) is 0 Å². The number of benzene rings is 1. The van der Waals surface area contributed by atoms with Crippen molar-refractivity contribution in [3.63, 3.8) is 0 Å². The highest BCUT2D eigenvalue weighted by atomic mass is 16.5. The minimum absolute atomic E-state index is 0.234. The molecule has 2 aliphatic rings. The van der Waals surface area contributed by atoms with Gasteiger partial charge in [-0.1, -0.05) is 43.5 Å². The largest absolute Gasteiger partial charge is 0.384 e. The third-order valence-corrected chi connectivity index (χ3v) is 5.56. The van der Waals surface area contributed by atoms with Crippen molar-refractivity contribution in [2.24, 2.45) is 5.73 Å². The van der Waals surface area contributed by atoms with Crippen LogP contribution in [0, 0.1) is 0 Å². The van der Waals surface area contributed by atoms with E-state index in [0.717, 1.165) is 13.2 Å². The summed E-state index contributed by atoms with van der Waals surface area (Å²) in [6.07, 6.45) is 9.05. The van der Waals surface area contributed by atoms with E-state index >= 15 is 0 Å². The summed E-state index contributed by atoms with van der Waals surface area (Å²) in [6.45, 7) is 1.64. The van der Waals surface area contributed by atoms with Crippen LogP contribution in [0.2, 0.25) is 0 Å². The van der Waals surface area contributed by atoms with E-state index in [9.17, 15) is 0 Å². The van der Waals surface area contributed by atoms with Crippen molar-refractivity contribution >= 4 is 0 Å². The Labute approximate surface area is 122 Å². The van der Waals surface area contributed by atoms with Gasteiger partial charge in [0, 0.05) is 24.5 Å². The Morgan fingerprint density at radius 2 is 1.65 bits per heavy atom. The van der Waals surface area contributed by atoms with E-state index in [1.165, 1.54) is 56.1 Å². The monoisotopic (exact) mass is 273 g/mol. The summed E-state index contributed by atoms with van der Waals surface area (Å²) in [4.78, 5) is 0. The second-order valence-corrected chi connectivity index (χ2v) is 6.84. The van der Waals surface area contributed by atoms with E-state index in [1.807, 2.05) is 7.11 Å². The molecule has 2 heteroatoms. The number of rotatable bonds is 5. The lowest BCUT2D eigenvalue weighted by Gasteiger charge is -2.37. The second-order valence-electron chi connectivity index (χ2n) is 6.84. The topological polar surface area (TPSA) is 35.2 Å². The van der Waals surface area contributed by atoms with Crippen LogP contribution in [0.4, 0.5) is 0 Å². The number of hydrogen-bond donors (Lipinski definition) is 1. The van der Waals surface area contributed by atoms with Gasteiger partial charge in [0.15, 0.2) is 0 Å². The molecule has 0 atom stereocenters. The van der Waals surface area contributed by atoms with Crippen LogP contribution < -0.4 is 5.73 Å². The molecule has 0 spiro atoms. The molecule has 0 heterocycles. The molecule has 0 saturated heterocycles. The molecule has 1 aromatic carbocycles. The second kappa shape index (κ2) is 5.50. The van der Waals surface area contributed by atoms with Gasteiger partial charge in [0.05, 0.1) is 6.61 Å². The molecule has 110 valence electrons. The fourth-order valence-electron chi connectivity index (χ4n) is 3.96. The fraction of sp³-hybridized carbons (Fsp3) is 0.667. The zero-order valence-electron chi connectivity index (χ0n) is 12.7. The molecule has 2 N–H and O–H groups in total. The Hall–Kier alpha value is -0.860. The first-order valence-corrected chi connectivity index (χ1v) is 8.05. The molecule has 1 aromatic rings. The molecule has 20 heavy (non-hydrogen) atoms.